The third kappa shape index (κ3) is 4.01. The summed E-state index contributed by atoms with van der Waals surface area (Å²) in [5.74, 6) is 0. The van der Waals surface area contributed by atoms with E-state index in [2.05, 4.69) is 9.82 Å². The van der Waals surface area contributed by atoms with Gasteiger partial charge in [-0.25, -0.2) is 13.1 Å². The average molecular weight is 398 g/mol. The number of aryl methyl sites for hydroxylation is 2. The fraction of sp³-hybridized carbons (Fsp3) is 0.286. The molecule has 6 nitrogen and oxygen atoms in total. The molecule has 1 aromatic heterocycles. The minimum atomic E-state index is -3.77. The summed E-state index contributed by atoms with van der Waals surface area (Å²) in [5.41, 5.74) is 2.15. The van der Waals surface area contributed by atoms with Crippen LogP contribution in [0.25, 0.3) is 0 Å². The standard InChI is InChI=1S/C21H23N3O3S/c25-21(14-18-8-4-5-9-19(18)15-21)16-23-28(26,27)20-10-12-22-24(20)13-11-17-6-2-1-3-7-17/h1-10,12,23,25H,11,13-16H2. The molecule has 0 spiro atoms. The van der Waals surface area contributed by atoms with Gasteiger partial charge in [0.1, 0.15) is 0 Å². The first kappa shape index (κ1) is 18.9. The lowest BCUT2D eigenvalue weighted by molar-refractivity contribution is 0.0567. The first-order valence-corrected chi connectivity index (χ1v) is 10.8. The molecule has 1 aliphatic rings. The predicted molar refractivity (Wildman–Crippen MR) is 106 cm³/mol. The highest BCUT2D eigenvalue weighted by atomic mass is 32.2. The van der Waals surface area contributed by atoms with Crippen LogP contribution in [0, 0.1) is 0 Å². The number of rotatable bonds is 7. The van der Waals surface area contributed by atoms with Crippen molar-refractivity contribution in [2.24, 2.45) is 0 Å². The molecule has 0 aliphatic heterocycles. The van der Waals surface area contributed by atoms with Crippen LogP contribution < -0.4 is 4.72 Å². The second-order valence-electron chi connectivity index (χ2n) is 7.30. The Morgan fingerprint density at radius 2 is 1.64 bits per heavy atom. The minimum Gasteiger partial charge on any atom is -0.388 e. The maximum Gasteiger partial charge on any atom is 0.257 e. The van der Waals surface area contributed by atoms with Crippen LogP contribution in [0.15, 0.2) is 71.9 Å². The number of sulfonamides is 1. The van der Waals surface area contributed by atoms with E-state index in [1.807, 2.05) is 54.6 Å². The molecule has 0 radical (unpaired) electrons. The second kappa shape index (κ2) is 7.50. The van der Waals surface area contributed by atoms with Crippen LogP contribution >= 0.6 is 0 Å². The number of aliphatic hydroxyl groups is 1. The summed E-state index contributed by atoms with van der Waals surface area (Å²) in [6.45, 7) is 0.427. The maximum atomic E-state index is 12.8. The second-order valence-corrected chi connectivity index (χ2v) is 9.01. The molecule has 28 heavy (non-hydrogen) atoms. The molecule has 3 aromatic rings. The van der Waals surface area contributed by atoms with Gasteiger partial charge in [-0.3, -0.25) is 4.68 Å². The first-order chi connectivity index (χ1) is 13.5. The minimum absolute atomic E-state index is 0.0339. The normalized spacial score (nSPS) is 15.5. The van der Waals surface area contributed by atoms with Crippen LogP contribution in [0.5, 0.6) is 0 Å². The van der Waals surface area contributed by atoms with Crippen molar-refractivity contribution in [1.29, 1.82) is 0 Å². The number of benzene rings is 2. The SMILES string of the molecule is O=S(=O)(NCC1(O)Cc2ccccc2C1)c1ccnn1CCc1ccccc1. The van der Waals surface area contributed by atoms with Crippen LogP contribution in [0.3, 0.4) is 0 Å². The van der Waals surface area contributed by atoms with Crippen molar-refractivity contribution in [3.05, 3.63) is 83.6 Å². The Kier molecular flexibility index (Phi) is 5.05. The van der Waals surface area contributed by atoms with E-state index < -0.39 is 15.6 Å². The van der Waals surface area contributed by atoms with Crippen molar-refractivity contribution < 1.29 is 13.5 Å². The average Bonchev–Trinajstić information content (AvgIpc) is 3.30. The molecule has 0 saturated heterocycles. The number of hydrogen-bond acceptors (Lipinski definition) is 4. The molecule has 0 atom stereocenters. The Morgan fingerprint density at radius 3 is 2.32 bits per heavy atom. The van der Waals surface area contributed by atoms with Gasteiger partial charge >= 0.3 is 0 Å². The molecule has 2 aromatic carbocycles. The molecule has 4 rings (SSSR count). The number of fused-ring (bicyclic) bond motifs is 1. The Morgan fingerprint density at radius 1 is 1.00 bits per heavy atom. The highest BCUT2D eigenvalue weighted by Gasteiger charge is 2.36. The monoisotopic (exact) mass is 397 g/mol. The molecular weight excluding hydrogens is 374 g/mol. The van der Waals surface area contributed by atoms with Gasteiger partial charge in [0.25, 0.3) is 10.0 Å². The molecule has 0 bridgehead atoms. The molecule has 0 saturated carbocycles. The highest BCUT2D eigenvalue weighted by Crippen LogP contribution is 2.29. The van der Waals surface area contributed by atoms with Crippen molar-refractivity contribution in [3.63, 3.8) is 0 Å². The quantitative estimate of drug-likeness (QED) is 0.638. The Balaban J connectivity index is 1.43. The molecule has 146 valence electrons. The van der Waals surface area contributed by atoms with Gasteiger partial charge in [0, 0.05) is 25.9 Å². The molecule has 2 N–H and O–H groups in total. The lowest BCUT2D eigenvalue weighted by atomic mass is 10.0. The molecule has 0 unspecified atom stereocenters. The van der Waals surface area contributed by atoms with E-state index in [0.29, 0.717) is 25.8 Å². The van der Waals surface area contributed by atoms with Crippen molar-refractivity contribution in [1.82, 2.24) is 14.5 Å². The molecule has 1 heterocycles. The third-order valence-electron chi connectivity index (χ3n) is 5.16. The van der Waals surface area contributed by atoms with Gasteiger partial charge in [-0.05, 0) is 29.2 Å². The summed E-state index contributed by atoms with van der Waals surface area (Å²) in [7, 11) is -3.77. The zero-order valence-corrected chi connectivity index (χ0v) is 16.3. The Labute approximate surface area is 164 Å². The molecule has 0 amide bonds. The van der Waals surface area contributed by atoms with E-state index in [0.717, 1.165) is 16.7 Å². The van der Waals surface area contributed by atoms with Gasteiger partial charge in [-0.1, -0.05) is 54.6 Å². The number of aromatic nitrogens is 2. The maximum absolute atomic E-state index is 12.8. The van der Waals surface area contributed by atoms with Gasteiger partial charge in [0.05, 0.1) is 11.8 Å². The van der Waals surface area contributed by atoms with Crippen molar-refractivity contribution in [2.75, 3.05) is 6.54 Å². The Hall–Kier alpha value is -2.48. The molecule has 7 heteroatoms. The van der Waals surface area contributed by atoms with Gasteiger partial charge in [0.15, 0.2) is 5.03 Å². The summed E-state index contributed by atoms with van der Waals surface area (Å²) in [4.78, 5) is 0. The number of nitrogens with one attached hydrogen (secondary N) is 1. The zero-order chi connectivity index (χ0) is 19.6. The number of hydrogen-bond donors (Lipinski definition) is 2. The fourth-order valence-electron chi connectivity index (χ4n) is 3.70. The first-order valence-electron chi connectivity index (χ1n) is 9.30. The summed E-state index contributed by atoms with van der Waals surface area (Å²) in [6, 6.07) is 19.2. The van der Waals surface area contributed by atoms with E-state index in [9.17, 15) is 13.5 Å². The number of nitrogens with zero attached hydrogens (tertiary/aromatic N) is 2. The van der Waals surface area contributed by atoms with Crippen molar-refractivity contribution in [3.8, 4) is 0 Å². The van der Waals surface area contributed by atoms with Crippen LogP contribution in [0.4, 0.5) is 0 Å². The highest BCUT2D eigenvalue weighted by molar-refractivity contribution is 7.89. The summed E-state index contributed by atoms with van der Waals surface area (Å²) < 4.78 is 29.7. The van der Waals surface area contributed by atoms with Crippen LogP contribution in [0.2, 0.25) is 0 Å². The van der Waals surface area contributed by atoms with Gasteiger partial charge in [-0.2, -0.15) is 5.10 Å². The summed E-state index contributed by atoms with van der Waals surface area (Å²) in [5, 5.41) is 15.1. The molecule has 1 aliphatic carbocycles. The summed E-state index contributed by atoms with van der Waals surface area (Å²) >= 11 is 0. The molecule has 0 fully saturated rings. The van der Waals surface area contributed by atoms with Crippen molar-refractivity contribution >= 4 is 10.0 Å². The van der Waals surface area contributed by atoms with E-state index >= 15 is 0 Å². The molecular formula is C21H23N3O3S. The van der Waals surface area contributed by atoms with Gasteiger partial charge < -0.3 is 5.11 Å². The van der Waals surface area contributed by atoms with Crippen LogP contribution in [-0.2, 0) is 35.8 Å². The van der Waals surface area contributed by atoms with Crippen LogP contribution in [0.1, 0.15) is 16.7 Å². The van der Waals surface area contributed by atoms with Crippen LogP contribution in [-0.4, -0.2) is 35.5 Å². The lowest BCUT2D eigenvalue weighted by Crippen LogP contribution is -2.44. The van der Waals surface area contributed by atoms with Crippen molar-refractivity contribution in [2.45, 2.75) is 36.4 Å². The lowest BCUT2D eigenvalue weighted by Gasteiger charge is -2.22. The van der Waals surface area contributed by atoms with Gasteiger partial charge in [0.2, 0.25) is 0 Å². The smallest absolute Gasteiger partial charge is 0.257 e. The van der Waals surface area contributed by atoms with E-state index in [-0.39, 0.29) is 11.6 Å². The topological polar surface area (TPSA) is 84.2 Å². The largest absolute Gasteiger partial charge is 0.388 e. The third-order valence-corrected chi connectivity index (χ3v) is 6.58. The summed E-state index contributed by atoms with van der Waals surface area (Å²) in [6.07, 6.45) is 3.06. The Bertz CT molecular complexity index is 1040. The predicted octanol–water partition coefficient (Wildman–Crippen LogP) is 1.93. The van der Waals surface area contributed by atoms with E-state index in [1.54, 1.807) is 0 Å². The van der Waals surface area contributed by atoms with E-state index in [4.69, 9.17) is 0 Å². The fourth-order valence-corrected chi connectivity index (χ4v) is 4.96. The zero-order valence-electron chi connectivity index (χ0n) is 15.5. The van der Waals surface area contributed by atoms with E-state index in [1.165, 1.54) is 16.9 Å². The van der Waals surface area contributed by atoms with Gasteiger partial charge in [-0.15, -0.1) is 0 Å².